The van der Waals surface area contributed by atoms with E-state index < -0.39 is 0 Å². The summed E-state index contributed by atoms with van der Waals surface area (Å²) >= 11 is 1.77. The molecular weight excluding hydrogens is 196 g/mol. The molecule has 0 bridgehead atoms. The quantitative estimate of drug-likeness (QED) is 0.790. The van der Waals surface area contributed by atoms with E-state index in [1.807, 2.05) is 6.20 Å². The zero-order chi connectivity index (χ0) is 9.80. The van der Waals surface area contributed by atoms with Gasteiger partial charge in [-0.2, -0.15) is 0 Å². The molecule has 0 spiro atoms. The number of nitrogens with one attached hydrogen (secondary N) is 1. The van der Waals surface area contributed by atoms with Gasteiger partial charge in [0.1, 0.15) is 0 Å². The highest BCUT2D eigenvalue weighted by molar-refractivity contribution is 7.11. The van der Waals surface area contributed by atoms with Crippen LogP contribution in [0.15, 0.2) is 6.20 Å². The minimum absolute atomic E-state index is 0.230. The van der Waals surface area contributed by atoms with Crippen LogP contribution in [0.1, 0.15) is 28.6 Å². The van der Waals surface area contributed by atoms with Gasteiger partial charge in [-0.3, -0.25) is 0 Å². The molecule has 2 rings (SSSR count). The number of piperidine rings is 1. The maximum absolute atomic E-state index is 8.81. The van der Waals surface area contributed by atoms with Crippen molar-refractivity contribution in [2.45, 2.75) is 25.2 Å². The van der Waals surface area contributed by atoms with Gasteiger partial charge in [0.05, 0.1) is 5.01 Å². The maximum Gasteiger partial charge on any atom is 0.0959 e. The van der Waals surface area contributed by atoms with Crippen molar-refractivity contribution in [3.8, 4) is 0 Å². The fourth-order valence-electron chi connectivity index (χ4n) is 1.81. The largest absolute Gasteiger partial charge is 0.396 e. The minimum Gasteiger partial charge on any atom is -0.396 e. The molecule has 0 aromatic carbocycles. The first kappa shape index (κ1) is 10.1. The fourth-order valence-corrected chi connectivity index (χ4v) is 2.88. The van der Waals surface area contributed by atoms with Crippen LogP contribution >= 0.6 is 11.3 Å². The van der Waals surface area contributed by atoms with Crippen molar-refractivity contribution in [2.24, 2.45) is 0 Å². The van der Waals surface area contributed by atoms with E-state index in [1.54, 1.807) is 11.3 Å². The van der Waals surface area contributed by atoms with Gasteiger partial charge < -0.3 is 10.4 Å². The Morgan fingerprint density at radius 3 is 3.00 bits per heavy atom. The van der Waals surface area contributed by atoms with E-state index in [2.05, 4.69) is 10.3 Å². The molecule has 1 fully saturated rings. The molecular formula is C10H16N2OS. The van der Waals surface area contributed by atoms with Gasteiger partial charge in [0, 0.05) is 30.0 Å². The predicted molar refractivity (Wildman–Crippen MR) is 57.7 cm³/mol. The molecule has 0 atom stereocenters. The van der Waals surface area contributed by atoms with Crippen LogP contribution in [0.5, 0.6) is 0 Å². The Bertz CT molecular complexity index is 281. The topological polar surface area (TPSA) is 45.2 Å². The summed E-state index contributed by atoms with van der Waals surface area (Å²) in [6, 6.07) is 0. The number of aromatic nitrogens is 1. The second-order valence-corrected chi connectivity index (χ2v) is 4.81. The Morgan fingerprint density at radius 1 is 1.50 bits per heavy atom. The Labute approximate surface area is 88.2 Å². The zero-order valence-electron chi connectivity index (χ0n) is 8.20. The normalized spacial score (nSPS) is 18.6. The first-order valence-corrected chi connectivity index (χ1v) is 5.98. The molecule has 0 amide bonds. The van der Waals surface area contributed by atoms with Crippen molar-refractivity contribution in [2.75, 3.05) is 19.7 Å². The second-order valence-electron chi connectivity index (χ2n) is 3.66. The van der Waals surface area contributed by atoms with E-state index in [1.165, 1.54) is 22.7 Å². The Balaban J connectivity index is 2.00. The Kier molecular flexibility index (Phi) is 3.50. The van der Waals surface area contributed by atoms with Gasteiger partial charge in [-0.15, -0.1) is 11.3 Å². The lowest BCUT2D eigenvalue weighted by Crippen LogP contribution is -2.26. The van der Waals surface area contributed by atoms with Crippen LogP contribution in [0.25, 0.3) is 0 Å². The summed E-state index contributed by atoms with van der Waals surface area (Å²) < 4.78 is 0. The standard InChI is InChI=1S/C10H16N2OS/c13-6-3-9-7-12-10(14-9)8-1-4-11-5-2-8/h7-8,11,13H,1-6H2. The van der Waals surface area contributed by atoms with Crippen LogP contribution in [-0.4, -0.2) is 29.8 Å². The monoisotopic (exact) mass is 212 g/mol. The molecule has 1 aromatic heterocycles. The summed E-state index contributed by atoms with van der Waals surface area (Å²) in [5.41, 5.74) is 0. The summed E-state index contributed by atoms with van der Waals surface area (Å²) in [4.78, 5) is 5.65. The average molecular weight is 212 g/mol. The summed E-state index contributed by atoms with van der Waals surface area (Å²) in [5.74, 6) is 0.647. The molecule has 0 unspecified atom stereocenters. The number of aliphatic hydroxyl groups excluding tert-OH is 1. The fraction of sp³-hybridized carbons (Fsp3) is 0.700. The Morgan fingerprint density at radius 2 is 2.29 bits per heavy atom. The van der Waals surface area contributed by atoms with Gasteiger partial charge in [0.2, 0.25) is 0 Å². The number of nitrogens with zero attached hydrogens (tertiary/aromatic N) is 1. The van der Waals surface area contributed by atoms with Gasteiger partial charge in [-0.1, -0.05) is 0 Å². The molecule has 78 valence electrons. The molecule has 0 aliphatic carbocycles. The number of hydrogen-bond acceptors (Lipinski definition) is 4. The molecule has 1 saturated heterocycles. The van der Waals surface area contributed by atoms with Crippen LogP contribution in [0, 0.1) is 0 Å². The molecule has 3 nitrogen and oxygen atoms in total. The first-order valence-electron chi connectivity index (χ1n) is 5.16. The van der Waals surface area contributed by atoms with E-state index in [4.69, 9.17) is 5.11 Å². The lowest BCUT2D eigenvalue weighted by atomic mass is 9.99. The second kappa shape index (κ2) is 4.87. The van der Waals surface area contributed by atoms with E-state index in [0.717, 1.165) is 19.5 Å². The van der Waals surface area contributed by atoms with Crippen LogP contribution < -0.4 is 5.32 Å². The summed E-state index contributed by atoms with van der Waals surface area (Å²) in [5, 5.41) is 13.4. The van der Waals surface area contributed by atoms with E-state index >= 15 is 0 Å². The number of aliphatic hydroxyl groups is 1. The van der Waals surface area contributed by atoms with Crippen molar-refractivity contribution in [3.63, 3.8) is 0 Å². The number of thiazole rings is 1. The van der Waals surface area contributed by atoms with Gasteiger partial charge in [0.15, 0.2) is 0 Å². The molecule has 4 heteroatoms. The summed E-state index contributed by atoms with van der Waals surface area (Å²) in [6.07, 6.45) is 5.07. The van der Waals surface area contributed by atoms with Gasteiger partial charge in [-0.05, 0) is 25.9 Å². The predicted octanol–water partition coefficient (Wildman–Crippen LogP) is 1.14. The van der Waals surface area contributed by atoms with Gasteiger partial charge in [0.25, 0.3) is 0 Å². The third kappa shape index (κ3) is 2.32. The molecule has 1 aliphatic rings. The smallest absolute Gasteiger partial charge is 0.0959 e. The molecule has 2 heterocycles. The van der Waals surface area contributed by atoms with Gasteiger partial charge in [-0.25, -0.2) is 4.98 Å². The SMILES string of the molecule is OCCc1cnc(C2CCNCC2)s1. The highest BCUT2D eigenvalue weighted by Gasteiger charge is 2.17. The van der Waals surface area contributed by atoms with E-state index in [9.17, 15) is 0 Å². The van der Waals surface area contributed by atoms with Crippen LogP contribution in [0.3, 0.4) is 0 Å². The third-order valence-electron chi connectivity index (χ3n) is 2.62. The Hall–Kier alpha value is -0.450. The highest BCUT2D eigenvalue weighted by atomic mass is 32.1. The lowest BCUT2D eigenvalue weighted by molar-refractivity contribution is 0.300. The third-order valence-corrected chi connectivity index (χ3v) is 3.84. The molecule has 2 N–H and O–H groups in total. The van der Waals surface area contributed by atoms with Crippen LogP contribution in [0.2, 0.25) is 0 Å². The molecule has 1 aliphatic heterocycles. The minimum atomic E-state index is 0.230. The van der Waals surface area contributed by atoms with E-state index in [-0.39, 0.29) is 6.61 Å². The van der Waals surface area contributed by atoms with Crippen molar-refractivity contribution in [1.29, 1.82) is 0 Å². The van der Waals surface area contributed by atoms with Crippen molar-refractivity contribution >= 4 is 11.3 Å². The summed E-state index contributed by atoms with van der Waals surface area (Å²) in [7, 11) is 0. The molecule has 1 aromatic rings. The van der Waals surface area contributed by atoms with Crippen LogP contribution in [0.4, 0.5) is 0 Å². The van der Waals surface area contributed by atoms with Gasteiger partial charge >= 0.3 is 0 Å². The maximum atomic E-state index is 8.81. The first-order chi connectivity index (χ1) is 6.90. The van der Waals surface area contributed by atoms with Crippen molar-refractivity contribution in [1.82, 2.24) is 10.3 Å². The van der Waals surface area contributed by atoms with Crippen molar-refractivity contribution < 1.29 is 5.11 Å². The average Bonchev–Trinajstić information content (AvgIpc) is 2.68. The van der Waals surface area contributed by atoms with Crippen molar-refractivity contribution in [3.05, 3.63) is 16.1 Å². The highest BCUT2D eigenvalue weighted by Crippen LogP contribution is 2.28. The zero-order valence-corrected chi connectivity index (χ0v) is 9.02. The molecule has 14 heavy (non-hydrogen) atoms. The number of rotatable bonds is 3. The molecule has 0 radical (unpaired) electrons. The lowest BCUT2D eigenvalue weighted by Gasteiger charge is -2.20. The molecule has 0 saturated carbocycles. The van der Waals surface area contributed by atoms with E-state index in [0.29, 0.717) is 5.92 Å². The number of hydrogen-bond donors (Lipinski definition) is 2. The van der Waals surface area contributed by atoms with Crippen LogP contribution in [-0.2, 0) is 6.42 Å². The summed E-state index contributed by atoms with van der Waals surface area (Å²) in [6.45, 7) is 2.45.